The Kier molecular flexibility index (Phi) is 4.05. The average Bonchev–Trinajstić information content (AvgIpc) is 2.87. The number of aromatic nitrogens is 2. The van der Waals surface area contributed by atoms with Crippen LogP contribution in [0, 0.1) is 5.92 Å². The third-order valence-electron chi connectivity index (χ3n) is 3.87. The highest BCUT2D eigenvalue weighted by molar-refractivity contribution is 7.10. The Bertz CT molecular complexity index is 421. The van der Waals surface area contributed by atoms with E-state index in [0.29, 0.717) is 11.6 Å². The van der Waals surface area contributed by atoms with Crippen molar-refractivity contribution in [2.45, 2.75) is 25.3 Å². The summed E-state index contributed by atoms with van der Waals surface area (Å²) in [5, 5.41) is 7.28. The van der Waals surface area contributed by atoms with Crippen molar-refractivity contribution in [1.29, 1.82) is 0 Å². The lowest BCUT2D eigenvalue weighted by Gasteiger charge is -2.38. The third-order valence-corrected chi connectivity index (χ3v) is 4.45. The summed E-state index contributed by atoms with van der Waals surface area (Å²) in [6.45, 7) is 3.06. The molecule has 2 aliphatic rings. The molecule has 1 saturated heterocycles. The van der Waals surface area contributed by atoms with Crippen LogP contribution >= 0.6 is 11.5 Å². The smallest absolute Gasteiger partial charge is 0.244 e. The first-order chi connectivity index (χ1) is 9.33. The molecule has 0 aromatic carbocycles. The molecular weight excluding hydrogens is 264 g/mol. The van der Waals surface area contributed by atoms with E-state index in [2.05, 4.69) is 19.8 Å². The summed E-state index contributed by atoms with van der Waals surface area (Å²) >= 11 is 1.19. The number of hydrogen-bond donors (Lipinski definition) is 1. The SMILES string of the molecule is O=C(Nc1cnns1)C1COCCN1CC1CCC1. The van der Waals surface area contributed by atoms with Gasteiger partial charge in [-0.15, -0.1) is 5.10 Å². The fourth-order valence-corrected chi connectivity index (χ4v) is 2.95. The molecule has 1 unspecified atom stereocenters. The zero-order valence-electron chi connectivity index (χ0n) is 10.7. The molecule has 19 heavy (non-hydrogen) atoms. The molecule has 1 aliphatic carbocycles. The first kappa shape index (κ1) is 13.0. The number of hydrogen-bond acceptors (Lipinski definition) is 6. The Morgan fingerprint density at radius 1 is 1.58 bits per heavy atom. The third kappa shape index (κ3) is 3.10. The van der Waals surface area contributed by atoms with Crippen molar-refractivity contribution < 1.29 is 9.53 Å². The van der Waals surface area contributed by atoms with Gasteiger partial charge in [0.25, 0.3) is 0 Å². The minimum absolute atomic E-state index is 0.00919. The van der Waals surface area contributed by atoms with Gasteiger partial charge in [-0.05, 0) is 18.8 Å². The van der Waals surface area contributed by atoms with Crippen molar-refractivity contribution in [2.75, 3.05) is 31.6 Å². The number of nitrogens with one attached hydrogen (secondary N) is 1. The van der Waals surface area contributed by atoms with Crippen molar-refractivity contribution in [3.63, 3.8) is 0 Å². The fraction of sp³-hybridized carbons (Fsp3) is 0.750. The molecule has 1 amide bonds. The van der Waals surface area contributed by atoms with E-state index in [9.17, 15) is 4.79 Å². The maximum absolute atomic E-state index is 12.3. The molecule has 3 rings (SSSR count). The van der Waals surface area contributed by atoms with Gasteiger partial charge in [0.15, 0.2) is 0 Å². The molecule has 2 fully saturated rings. The molecule has 1 aliphatic heterocycles. The lowest BCUT2D eigenvalue weighted by Crippen LogP contribution is -2.53. The monoisotopic (exact) mass is 282 g/mol. The molecule has 0 radical (unpaired) electrons. The highest BCUT2D eigenvalue weighted by atomic mass is 32.1. The first-order valence-corrected chi connectivity index (χ1v) is 7.50. The molecule has 0 spiro atoms. The normalized spacial score (nSPS) is 24.9. The maximum atomic E-state index is 12.3. The minimum Gasteiger partial charge on any atom is -0.378 e. The van der Waals surface area contributed by atoms with Crippen molar-refractivity contribution >= 4 is 22.4 Å². The molecule has 1 aromatic heterocycles. The predicted molar refractivity (Wildman–Crippen MR) is 72.1 cm³/mol. The van der Waals surface area contributed by atoms with E-state index < -0.39 is 0 Å². The van der Waals surface area contributed by atoms with Crippen LogP contribution in [0.2, 0.25) is 0 Å². The highest BCUT2D eigenvalue weighted by Crippen LogP contribution is 2.28. The number of carbonyl (C=O) groups is 1. The number of nitrogens with zero attached hydrogens (tertiary/aromatic N) is 3. The Labute approximate surface area is 116 Å². The van der Waals surface area contributed by atoms with E-state index in [-0.39, 0.29) is 11.9 Å². The van der Waals surface area contributed by atoms with Gasteiger partial charge in [0.2, 0.25) is 5.91 Å². The van der Waals surface area contributed by atoms with Crippen LogP contribution in [0.25, 0.3) is 0 Å². The number of morpholine rings is 1. The summed E-state index contributed by atoms with van der Waals surface area (Å²) < 4.78 is 9.20. The number of ether oxygens (including phenoxy) is 1. The highest BCUT2D eigenvalue weighted by Gasteiger charge is 2.32. The van der Waals surface area contributed by atoms with E-state index in [1.54, 1.807) is 6.20 Å². The maximum Gasteiger partial charge on any atom is 0.244 e. The van der Waals surface area contributed by atoms with Gasteiger partial charge in [-0.2, -0.15) is 0 Å². The fourth-order valence-electron chi connectivity index (χ4n) is 2.53. The molecular formula is C12H18N4O2S. The van der Waals surface area contributed by atoms with Gasteiger partial charge in [-0.25, -0.2) is 0 Å². The van der Waals surface area contributed by atoms with Gasteiger partial charge in [0.05, 0.1) is 19.4 Å². The van der Waals surface area contributed by atoms with E-state index in [1.165, 1.54) is 30.8 Å². The van der Waals surface area contributed by atoms with Gasteiger partial charge in [-0.1, -0.05) is 10.9 Å². The second-order valence-electron chi connectivity index (χ2n) is 5.15. The lowest BCUT2D eigenvalue weighted by atomic mass is 9.84. The van der Waals surface area contributed by atoms with Crippen LogP contribution in [0.3, 0.4) is 0 Å². The van der Waals surface area contributed by atoms with Gasteiger partial charge in [0, 0.05) is 24.6 Å². The van der Waals surface area contributed by atoms with E-state index in [4.69, 9.17) is 4.74 Å². The summed E-state index contributed by atoms with van der Waals surface area (Å²) in [6.07, 6.45) is 5.50. The molecule has 1 aromatic rings. The number of rotatable bonds is 4. The number of amides is 1. The van der Waals surface area contributed by atoms with Gasteiger partial charge >= 0.3 is 0 Å². The average molecular weight is 282 g/mol. The van der Waals surface area contributed by atoms with E-state index >= 15 is 0 Å². The summed E-state index contributed by atoms with van der Waals surface area (Å²) in [6, 6.07) is -0.184. The summed E-state index contributed by atoms with van der Waals surface area (Å²) in [5.41, 5.74) is 0. The zero-order valence-corrected chi connectivity index (χ0v) is 11.6. The quantitative estimate of drug-likeness (QED) is 0.891. The number of anilines is 1. The molecule has 6 nitrogen and oxygen atoms in total. The van der Waals surface area contributed by atoms with Crippen LogP contribution in [-0.4, -0.2) is 52.7 Å². The number of carbonyl (C=O) groups excluding carboxylic acids is 1. The predicted octanol–water partition coefficient (Wildman–Crippen LogP) is 0.977. The Hall–Kier alpha value is -1.05. The second-order valence-corrected chi connectivity index (χ2v) is 5.94. The molecule has 7 heteroatoms. The molecule has 1 atom stereocenters. The molecule has 0 bridgehead atoms. The zero-order chi connectivity index (χ0) is 13.1. The summed E-state index contributed by atoms with van der Waals surface area (Å²) in [5.74, 6) is 0.753. The topological polar surface area (TPSA) is 67.3 Å². The Morgan fingerprint density at radius 2 is 2.47 bits per heavy atom. The molecule has 1 N–H and O–H groups in total. The Balaban J connectivity index is 1.60. The standard InChI is InChI=1S/C12H18N4O2S/c17-12(14-11-6-13-15-19-11)10-8-18-5-4-16(10)7-9-2-1-3-9/h6,9-10H,1-5,7-8H2,(H,14,17). The van der Waals surface area contributed by atoms with Crippen molar-refractivity contribution in [3.05, 3.63) is 6.20 Å². The van der Waals surface area contributed by atoms with E-state index in [1.807, 2.05) is 0 Å². The van der Waals surface area contributed by atoms with Gasteiger partial charge in [-0.3, -0.25) is 9.69 Å². The van der Waals surface area contributed by atoms with Crippen LogP contribution in [0.4, 0.5) is 5.00 Å². The molecule has 1 saturated carbocycles. The first-order valence-electron chi connectivity index (χ1n) is 6.73. The van der Waals surface area contributed by atoms with Crippen LogP contribution in [0.5, 0.6) is 0 Å². The van der Waals surface area contributed by atoms with Crippen molar-refractivity contribution in [2.24, 2.45) is 5.92 Å². The van der Waals surface area contributed by atoms with Crippen LogP contribution in [-0.2, 0) is 9.53 Å². The largest absolute Gasteiger partial charge is 0.378 e. The van der Waals surface area contributed by atoms with Gasteiger partial charge < -0.3 is 10.1 Å². The molecule has 104 valence electrons. The van der Waals surface area contributed by atoms with Crippen molar-refractivity contribution in [3.8, 4) is 0 Å². The summed E-state index contributed by atoms with van der Waals surface area (Å²) in [7, 11) is 0. The Morgan fingerprint density at radius 3 is 3.16 bits per heavy atom. The van der Waals surface area contributed by atoms with Crippen LogP contribution in [0.15, 0.2) is 6.20 Å². The minimum atomic E-state index is -0.184. The van der Waals surface area contributed by atoms with E-state index in [0.717, 1.165) is 25.6 Å². The molecule has 2 heterocycles. The second kappa shape index (κ2) is 5.94. The lowest BCUT2D eigenvalue weighted by molar-refractivity contribution is -0.128. The van der Waals surface area contributed by atoms with Gasteiger partial charge in [0.1, 0.15) is 11.0 Å². The van der Waals surface area contributed by atoms with Crippen LogP contribution < -0.4 is 5.32 Å². The van der Waals surface area contributed by atoms with Crippen LogP contribution in [0.1, 0.15) is 19.3 Å². The van der Waals surface area contributed by atoms with Crippen molar-refractivity contribution in [1.82, 2.24) is 14.5 Å². The summed E-state index contributed by atoms with van der Waals surface area (Å²) in [4.78, 5) is 14.5.